The normalized spacial score (nSPS) is 26.6. The molecule has 1 fully saturated rings. The molecule has 1 aliphatic heterocycles. The summed E-state index contributed by atoms with van der Waals surface area (Å²) in [7, 11) is 0. The fraction of sp³-hybridized carbons (Fsp3) is 0.750. The molecule has 0 spiro atoms. The van der Waals surface area contributed by atoms with Crippen LogP contribution in [0.4, 0.5) is 0 Å². The van der Waals surface area contributed by atoms with Crippen molar-refractivity contribution < 1.29 is 9.53 Å². The summed E-state index contributed by atoms with van der Waals surface area (Å²) < 4.78 is 4.77. The molecule has 3 nitrogen and oxygen atoms in total. The molecule has 1 unspecified atom stereocenters. The Hall–Kier alpha value is -0.570. The number of carbonyl (C=O) groups excluding carboxylic acids is 1. The van der Waals surface area contributed by atoms with Crippen LogP contribution in [-0.2, 0) is 9.53 Å². The molecule has 1 heterocycles. The lowest BCUT2D eigenvalue weighted by atomic mass is 10.5. The van der Waals surface area contributed by atoms with Crippen LogP contribution in [0.5, 0.6) is 0 Å². The van der Waals surface area contributed by atoms with E-state index < -0.39 is 0 Å². The number of amides is 1. The van der Waals surface area contributed by atoms with Crippen LogP contribution in [0.3, 0.4) is 0 Å². The standard InChI is InChI=1S/C4H6NO2/c6-3-5-1-4-2-7-4/h4H,1-2H2,(H,5,6). The molecule has 0 aromatic heterocycles. The van der Waals surface area contributed by atoms with Gasteiger partial charge in [-0.15, -0.1) is 0 Å². The first-order valence-electron chi connectivity index (χ1n) is 2.15. The van der Waals surface area contributed by atoms with E-state index in [1.165, 1.54) is 0 Å². The molecule has 1 atom stereocenters. The third kappa shape index (κ3) is 1.55. The van der Waals surface area contributed by atoms with Gasteiger partial charge in [-0.25, -0.2) is 0 Å². The second-order valence-corrected chi connectivity index (χ2v) is 1.44. The maximum absolute atomic E-state index is 9.45. The van der Waals surface area contributed by atoms with Gasteiger partial charge < -0.3 is 10.1 Å². The zero-order chi connectivity index (χ0) is 5.11. The number of hydrogen-bond donors (Lipinski definition) is 1. The number of rotatable bonds is 3. The minimum absolute atomic E-state index is 0.279. The molecule has 1 rings (SSSR count). The highest BCUT2D eigenvalue weighted by Gasteiger charge is 2.20. The molecular weight excluding hydrogens is 94.0 g/mol. The molecule has 0 bridgehead atoms. The third-order valence-corrected chi connectivity index (χ3v) is 0.804. The maximum Gasteiger partial charge on any atom is 0.309 e. The van der Waals surface area contributed by atoms with Crippen molar-refractivity contribution in [2.75, 3.05) is 13.2 Å². The summed E-state index contributed by atoms with van der Waals surface area (Å²) in [6, 6.07) is 0. The van der Waals surface area contributed by atoms with E-state index in [9.17, 15) is 4.79 Å². The lowest BCUT2D eigenvalue weighted by Gasteiger charge is -1.84. The Bertz CT molecular complexity index is 70.1. The van der Waals surface area contributed by atoms with E-state index in [1.54, 1.807) is 6.41 Å². The molecule has 1 aliphatic rings. The molecule has 0 aliphatic carbocycles. The van der Waals surface area contributed by atoms with Crippen LogP contribution in [0.15, 0.2) is 0 Å². The maximum atomic E-state index is 9.45. The average Bonchev–Trinajstić information content (AvgIpc) is 2.42. The Kier molecular flexibility index (Phi) is 1.26. The van der Waals surface area contributed by atoms with Gasteiger partial charge in [-0.2, -0.15) is 0 Å². The van der Waals surface area contributed by atoms with E-state index in [4.69, 9.17) is 4.74 Å². The Morgan fingerprint density at radius 3 is 3.14 bits per heavy atom. The summed E-state index contributed by atoms with van der Waals surface area (Å²) in [4.78, 5) is 9.45. The van der Waals surface area contributed by atoms with Crippen molar-refractivity contribution in [3.8, 4) is 0 Å². The van der Waals surface area contributed by atoms with Crippen molar-refractivity contribution in [1.82, 2.24) is 5.32 Å². The highest BCUT2D eigenvalue weighted by atomic mass is 16.6. The van der Waals surface area contributed by atoms with Crippen molar-refractivity contribution in [2.45, 2.75) is 6.10 Å². The van der Waals surface area contributed by atoms with Crippen molar-refractivity contribution in [3.63, 3.8) is 0 Å². The van der Waals surface area contributed by atoms with Gasteiger partial charge in [0, 0.05) is 6.54 Å². The zero-order valence-electron chi connectivity index (χ0n) is 3.81. The first-order chi connectivity index (χ1) is 3.43. The number of nitrogens with one attached hydrogen (secondary N) is 1. The Morgan fingerprint density at radius 1 is 2.00 bits per heavy atom. The van der Waals surface area contributed by atoms with Crippen molar-refractivity contribution in [2.24, 2.45) is 0 Å². The van der Waals surface area contributed by atoms with Crippen molar-refractivity contribution in [3.05, 3.63) is 0 Å². The van der Waals surface area contributed by atoms with Crippen LogP contribution in [0.1, 0.15) is 0 Å². The van der Waals surface area contributed by atoms with Gasteiger partial charge in [0.05, 0.1) is 12.7 Å². The van der Waals surface area contributed by atoms with Gasteiger partial charge in [0.15, 0.2) is 0 Å². The van der Waals surface area contributed by atoms with Gasteiger partial charge in [-0.1, -0.05) is 0 Å². The third-order valence-electron chi connectivity index (χ3n) is 0.804. The van der Waals surface area contributed by atoms with Crippen LogP contribution >= 0.6 is 0 Å². The van der Waals surface area contributed by atoms with E-state index in [0.717, 1.165) is 6.61 Å². The van der Waals surface area contributed by atoms with Gasteiger partial charge in [0.25, 0.3) is 0 Å². The van der Waals surface area contributed by atoms with Crippen LogP contribution in [-0.4, -0.2) is 25.7 Å². The first-order valence-corrected chi connectivity index (χ1v) is 2.15. The molecule has 0 aromatic rings. The van der Waals surface area contributed by atoms with E-state index in [2.05, 4.69) is 5.32 Å². The predicted octanol–water partition coefficient (Wildman–Crippen LogP) is -0.958. The molecule has 7 heavy (non-hydrogen) atoms. The topological polar surface area (TPSA) is 41.6 Å². The minimum Gasteiger partial charge on any atom is -0.371 e. The summed E-state index contributed by atoms with van der Waals surface area (Å²) in [5, 5.41) is 2.38. The lowest BCUT2D eigenvalue weighted by molar-refractivity contribution is 0.404. The molecule has 3 heteroatoms. The SMILES string of the molecule is O=[C]NCC1CO1. The Balaban J connectivity index is 1.88. The zero-order valence-corrected chi connectivity index (χ0v) is 3.81. The average molecular weight is 100 g/mol. The number of hydrogen-bond acceptors (Lipinski definition) is 2. The van der Waals surface area contributed by atoms with Gasteiger partial charge in [0.1, 0.15) is 0 Å². The molecule has 1 radical (unpaired) electrons. The number of ether oxygens (including phenoxy) is 1. The molecule has 1 N–H and O–H groups in total. The van der Waals surface area contributed by atoms with Crippen LogP contribution < -0.4 is 5.32 Å². The summed E-state index contributed by atoms with van der Waals surface area (Å²) in [5.74, 6) is 0. The van der Waals surface area contributed by atoms with Crippen LogP contribution in [0, 0.1) is 0 Å². The molecular formula is C4H6NO2. The van der Waals surface area contributed by atoms with Crippen molar-refractivity contribution in [1.29, 1.82) is 0 Å². The molecule has 39 valence electrons. The van der Waals surface area contributed by atoms with Crippen LogP contribution in [0.2, 0.25) is 0 Å². The number of epoxide rings is 1. The van der Waals surface area contributed by atoms with Crippen LogP contribution in [0.25, 0.3) is 0 Å². The van der Waals surface area contributed by atoms with E-state index in [-0.39, 0.29) is 6.10 Å². The highest BCUT2D eigenvalue weighted by molar-refractivity contribution is 5.47. The largest absolute Gasteiger partial charge is 0.371 e. The smallest absolute Gasteiger partial charge is 0.309 e. The second kappa shape index (κ2) is 1.93. The fourth-order valence-corrected chi connectivity index (χ4v) is 0.341. The Morgan fingerprint density at radius 2 is 2.71 bits per heavy atom. The molecule has 0 aromatic carbocycles. The minimum atomic E-state index is 0.279. The molecule has 1 saturated heterocycles. The Labute approximate surface area is 41.7 Å². The predicted molar refractivity (Wildman–Crippen MR) is 23.4 cm³/mol. The monoisotopic (exact) mass is 100 g/mol. The highest BCUT2D eigenvalue weighted by Crippen LogP contribution is 2.05. The van der Waals surface area contributed by atoms with Gasteiger partial charge in [-0.05, 0) is 0 Å². The van der Waals surface area contributed by atoms with E-state index in [1.807, 2.05) is 0 Å². The lowest BCUT2D eigenvalue weighted by Crippen LogP contribution is -2.16. The van der Waals surface area contributed by atoms with E-state index >= 15 is 0 Å². The quantitative estimate of drug-likeness (QED) is 0.366. The summed E-state index contributed by atoms with van der Waals surface area (Å²) in [6.07, 6.45) is 1.84. The van der Waals surface area contributed by atoms with E-state index in [0.29, 0.717) is 6.54 Å². The summed E-state index contributed by atoms with van der Waals surface area (Å²) in [6.45, 7) is 1.40. The van der Waals surface area contributed by atoms with Gasteiger partial charge in [0.2, 0.25) is 0 Å². The second-order valence-electron chi connectivity index (χ2n) is 1.44. The van der Waals surface area contributed by atoms with Gasteiger partial charge >= 0.3 is 6.41 Å². The molecule has 0 saturated carbocycles. The van der Waals surface area contributed by atoms with Crippen molar-refractivity contribution >= 4 is 6.41 Å². The molecule has 1 amide bonds. The summed E-state index contributed by atoms with van der Waals surface area (Å²) >= 11 is 0. The first kappa shape index (κ1) is 4.59. The summed E-state index contributed by atoms with van der Waals surface area (Å²) in [5.41, 5.74) is 0. The fourth-order valence-electron chi connectivity index (χ4n) is 0.341. The van der Waals surface area contributed by atoms with Gasteiger partial charge in [-0.3, -0.25) is 4.79 Å².